The molecule has 0 aromatic heterocycles. The van der Waals surface area contributed by atoms with Gasteiger partial charge in [-0.2, -0.15) is 40.8 Å². The van der Waals surface area contributed by atoms with Crippen molar-refractivity contribution in [1.82, 2.24) is 5.01 Å². The fourth-order valence-corrected chi connectivity index (χ4v) is 3.45. The first-order valence-corrected chi connectivity index (χ1v) is 9.29. The first-order valence-electron chi connectivity index (χ1n) is 8.92. The van der Waals surface area contributed by atoms with Gasteiger partial charge in [0.1, 0.15) is 0 Å². The Hall–Kier alpha value is -2.66. The molecule has 2 aromatic rings. The van der Waals surface area contributed by atoms with Gasteiger partial charge in [0.05, 0.1) is 16.3 Å². The molecule has 0 unspecified atom stereocenters. The Morgan fingerprint density at radius 1 is 1.06 bits per heavy atom. The van der Waals surface area contributed by atoms with Crippen LogP contribution >= 0.6 is 11.6 Å². The Balaban J connectivity index is 2.18. The van der Waals surface area contributed by atoms with Crippen molar-refractivity contribution in [2.45, 2.75) is 37.1 Å². The number of amides is 1. The van der Waals surface area contributed by atoms with E-state index in [0.29, 0.717) is 5.56 Å². The highest BCUT2D eigenvalue weighted by molar-refractivity contribution is 6.34. The second kappa shape index (κ2) is 7.73. The molecular weight excluding hydrogens is 469 g/mol. The molecule has 0 saturated carbocycles. The van der Waals surface area contributed by atoms with E-state index in [0.717, 1.165) is 6.07 Å². The van der Waals surface area contributed by atoms with Gasteiger partial charge in [-0.05, 0) is 30.2 Å². The third-order valence-corrected chi connectivity index (χ3v) is 5.21. The molecule has 172 valence electrons. The lowest BCUT2D eigenvalue weighted by atomic mass is 9.91. The Labute approximate surface area is 181 Å². The Morgan fingerprint density at radius 3 is 2.19 bits per heavy atom. The average molecular weight is 483 g/mol. The van der Waals surface area contributed by atoms with E-state index in [1.165, 1.54) is 42.5 Å². The van der Waals surface area contributed by atoms with Crippen LogP contribution in [0, 0.1) is 6.92 Å². The van der Waals surface area contributed by atoms with Crippen molar-refractivity contribution >= 4 is 23.2 Å². The lowest BCUT2D eigenvalue weighted by molar-refractivity contribution is -0.400. The van der Waals surface area contributed by atoms with Crippen LogP contribution in [0.3, 0.4) is 0 Å². The lowest BCUT2D eigenvalue weighted by Gasteiger charge is -2.41. The summed E-state index contributed by atoms with van der Waals surface area (Å²) in [5.74, 6) is -14.4. The van der Waals surface area contributed by atoms with Crippen LogP contribution in [0.5, 0.6) is 0 Å². The SMILES string of the molecule is Cc1ccc(C(=O)N2N=C(c3ccccc3)C[C@@]2(O)C(F)(F)C(F)(F)C(F)(F)F)c(Cl)c1. The number of rotatable bonds is 4. The minimum atomic E-state index is -6.72. The van der Waals surface area contributed by atoms with E-state index in [-0.39, 0.29) is 10.6 Å². The molecule has 0 bridgehead atoms. The summed E-state index contributed by atoms with van der Waals surface area (Å²) in [5, 5.41) is 13.4. The highest BCUT2D eigenvalue weighted by Crippen LogP contribution is 2.54. The van der Waals surface area contributed by atoms with Crippen LogP contribution in [0.25, 0.3) is 0 Å². The zero-order chi connectivity index (χ0) is 24.1. The van der Waals surface area contributed by atoms with Crippen molar-refractivity contribution in [2.24, 2.45) is 5.10 Å². The van der Waals surface area contributed by atoms with Gasteiger partial charge in [-0.1, -0.05) is 48.0 Å². The Morgan fingerprint density at radius 2 is 1.66 bits per heavy atom. The zero-order valence-corrected chi connectivity index (χ0v) is 16.9. The number of hydrogen-bond donors (Lipinski definition) is 1. The van der Waals surface area contributed by atoms with E-state index in [1.807, 2.05) is 0 Å². The van der Waals surface area contributed by atoms with Gasteiger partial charge in [0.25, 0.3) is 5.91 Å². The van der Waals surface area contributed by atoms with Gasteiger partial charge >= 0.3 is 18.0 Å². The highest BCUT2D eigenvalue weighted by atomic mass is 35.5. The molecule has 32 heavy (non-hydrogen) atoms. The van der Waals surface area contributed by atoms with Crippen molar-refractivity contribution in [3.63, 3.8) is 0 Å². The molecule has 0 fully saturated rings. The number of aliphatic hydroxyl groups is 1. The Bertz CT molecular complexity index is 1070. The fraction of sp³-hybridized carbons (Fsp3) is 0.300. The molecule has 1 atom stereocenters. The number of hydrazone groups is 1. The Kier molecular flexibility index (Phi) is 5.80. The lowest BCUT2D eigenvalue weighted by Crippen LogP contribution is -2.69. The molecule has 12 heteroatoms. The van der Waals surface area contributed by atoms with E-state index in [1.54, 1.807) is 6.92 Å². The van der Waals surface area contributed by atoms with Crippen LogP contribution < -0.4 is 0 Å². The van der Waals surface area contributed by atoms with Gasteiger partial charge in [0, 0.05) is 6.42 Å². The van der Waals surface area contributed by atoms with E-state index < -0.39 is 52.4 Å². The van der Waals surface area contributed by atoms with Gasteiger partial charge in [0.2, 0.25) is 5.72 Å². The topological polar surface area (TPSA) is 52.9 Å². The molecule has 1 aliphatic rings. The molecule has 1 amide bonds. The predicted octanol–water partition coefficient (Wildman–Crippen LogP) is 5.42. The zero-order valence-electron chi connectivity index (χ0n) is 16.1. The number of carbonyl (C=O) groups excluding carboxylic acids is 1. The molecule has 0 saturated heterocycles. The molecule has 4 nitrogen and oxygen atoms in total. The summed E-state index contributed by atoms with van der Waals surface area (Å²) in [7, 11) is 0. The molecule has 0 aliphatic carbocycles. The van der Waals surface area contributed by atoms with Crippen molar-refractivity contribution in [1.29, 1.82) is 0 Å². The van der Waals surface area contributed by atoms with Crippen molar-refractivity contribution < 1.29 is 40.6 Å². The van der Waals surface area contributed by atoms with E-state index in [4.69, 9.17) is 11.6 Å². The quantitative estimate of drug-likeness (QED) is 0.592. The predicted molar refractivity (Wildman–Crippen MR) is 101 cm³/mol. The summed E-state index contributed by atoms with van der Waals surface area (Å²) in [5.41, 5.74) is -4.79. The van der Waals surface area contributed by atoms with Gasteiger partial charge in [-0.3, -0.25) is 4.79 Å². The molecule has 3 rings (SSSR count). The summed E-state index contributed by atoms with van der Waals surface area (Å²) in [6, 6.07) is 10.6. The summed E-state index contributed by atoms with van der Waals surface area (Å²) in [6.45, 7) is 1.58. The van der Waals surface area contributed by atoms with Gasteiger partial charge in [-0.15, -0.1) is 0 Å². The number of alkyl halides is 7. The van der Waals surface area contributed by atoms with Crippen LogP contribution in [0.4, 0.5) is 30.7 Å². The van der Waals surface area contributed by atoms with E-state index in [2.05, 4.69) is 5.10 Å². The number of halogens is 8. The number of hydrogen-bond acceptors (Lipinski definition) is 3. The molecule has 0 spiro atoms. The summed E-state index contributed by atoms with van der Waals surface area (Å²) in [4.78, 5) is 12.9. The average Bonchev–Trinajstić information content (AvgIpc) is 3.06. The van der Waals surface area contributed by atoms with Gasteiger partial charge in [-0.25, -0.2) is 0 Å². The second-order valence-corrected chi connectivity index (χ2v) is 7.56. The minimum Gasteiger partial charge on any atom is -0.364 e. The fourth-order valence-electron chi connectivity index (χ4n) is 3.13. The first kappa shape index (κ1) is 24.0. The number of aryl methyl sites for hydroxylation is 1. The maximum atomic E-state index is 14.7. The highest BCUT2D eigenvalue weighted by Gasteiger charge is 2.82. The molecule has 0 radical (unpaired) electrons. The summed E-state index contributed by atoms with van der Waals surface area (Å²) >= 11 is 5.93. The number of nitrogens with zero attached hydrogens (tertiary/aromatic N) is 2. The first-order chi connectivity index (χ1) is 14.6. The normalized spacial score (nSPS) is 19.8. The van der Waals surface area contributed by atoms with Crippen LogP contribution in [0.15, 0.2) is 53.6 Å². The van der Waals surface area contributed by atoms with Gasteiger partial charge in [0.15, 0.2) is 0 Å². The largest absolute Gasteiger partial charge is 0.460 e. The van der Waals surface area contributed by atoms with Crippen molar-refractivity contribution in [3.8, 4) is 0 Å². The van der Waals surface area contributed by atoms with Crippen molar-refractivity contribution in [3.05, 3.63) is 70.2 Å². The summed E-state index contributed by atoms with van der Waals surface area (Å²) in [6.07, 6.45) is -8.22. The van der Waals surface area contributed by atoms with Crippen LogP contribution in [0.2, 0.25) is 5.02 Å². The van der Waals surface area contributed by atoms with Crippen molar-refractivity contribution in [2.75, 3.05) is 0 Å². The molecule has 1 N–H and O–H groups in total. The third kappa shape index (κ3) is 3.62. The molecule has 1 aliphatic heterocycles. The maximum Gasteiger partial charge on any atom is 0.460 e. The standard InChI is InChI=1S/C20H14ClF7N2O2/c1-11-7-8-13(14(21)9-11)16(31)30-17(32,18(22,23)19(24,25)20(26,27)28)10-15(29-30)12-5-3-2-4-6-12/h2-9,32H,10H2,1H3/t17-/m1/s1. The van der Waals surface area contributed by atoms with E-state index >= 15 is 0 Å². The molecule has 2 aromatic carbocycles. The second-order valence-electron chi connectivity index (χ2n) is 7.15. The van der Waals surface area contributed by atoms with Crippen LogP contribution in [-0.4, -0.2) is 45.5 Å². The monoisotopic (exact) mass is 482 g/mol. The third-order valence-electron chi connectivity index (χ3n) is 4.89. The van der Waals surface area contributed by atoms with Crippen LogP contribution in [-0.2, 0) is 0 Å². The smallest absolute Gasteiger partial charge is 0.364 e. The minimum absolute atomic E-state index is 0.0300. The molecular formula is C20H14ClF7N2O2. The number of benzene rings is 2. The summed E-state index contributed by atoms with van der Waals surface area (Å²) < 4.78 is 95.7. The molecule has 1 heterocycles. The maximum absolute atomic E-state index is 14.7. The number of carbonyl (C=O) groups is 1. The van der Waals surface area contributed by atoms with Gasteiger partial charge < -0.3 is 5.11 Å². The van der Waals surface area contributed by atoms with Crippen LogP contribution in [0.1, 0.15) is 27.9 Å². The van der Waals surface area contributed by atoms with E-state index in [9.17, 15) is 40.6 Å².